The molecule has 4 N–H and O–H groups in total. The van der Waals surface area contributed by atoms with Gasteiger partial charge in [0.25, 0.3) is 0 Å². The first-order chi connectivity index (χ1) is 31.4. The molecule has 1 saturated carbocycles. The Kier molecular flexibility index (Phi) is 12.3. The molecule has 0 spiro atoms. The lowest BCUT2D eigenvalue weighted by atomic mass is 10.0. The third kappa shape index (κ3) is 8.54. The van der Waals surface area contributed by atoms with Crippen molar-refractivity contribution >= 4 is 34.9 Å². The maximum absolute atomic E-state index is 13.8. The smallest absolute Gasteiger partial charge is 0.407 e. The Labute approximate surface area is 379 Å². The number of carbonyl (C=O) groups is 4. The van der Waals surface area contributed by atoms with Gasteiger partial charge in [-0.05, 0) is 73.8 Å². The molecular formula is C49H61N9O7. The molecule has 16 heteroatoms. The van der Waals surface area contributed by atoms with Gasteiger partial charge in [-0.15, -0.1) is 0 Å². The molecule has 1 aliphatic carbocycles. The number of imidazole rings is 2. The number of nitrogens with zero attached hydrogens (tertiary/aromatic N) is 5. The van der Waals surface area contributed by atoms with Gasteiger partial charge in [0.1, 0.15) is 29.5 Å². The average Bonchev–Trinajstić information content (AvgIpc) is 4.16. The van der Waals surface area contributed by atoms with Gasteiger partial charge >= 0.3 is 12.2 Å². The number of hydrogen-bond acceptors (Lipinski definition) is 9. The number of aromatic amines is 2. The normalized spacial score (nSPS) is 20.5. The third-order valence-electron chi connectivity index (χ3n) is 14.0. The summed E-state index contributed by atoms with van der Waals surface area (Å²) < 4.78 is 19.0. The van der Waals surface area contributed by atoms with Crippen molar-refractivity contribution in [2.24, 2.45) is 17.8 Å². The Morgan fingerprint density at radius 3 is 1.80 bits per heavy atom. The van der Waals surface area contributed by atoms with Crippen LogP contribution in [0, 0.1) is 17.8 Å². The van der Waals surface area contributed by atoms with Crippen LogP contribution in [0.4, 0.5) is 9.59 Å². The summed E-state index contributed by atoms with van der Waals surface area (Å²) in [7, 11) is 2.60. The maximum atomic E-state index is 13.8. The molecule has 16 nitrogen and oxygen atoms in total. The largest absolute Gasteiger partial charge is 0.469 e. The van der Waals surface area contributed by atoms with Crippen LogP contribution in [0.15, 0.2) is 54.9 Å². The number of nitrogens with one attached hydrogen (secondary N) is 4. The number of amides is 4. The van der Waals surface area contributed by atoms with Crippen LogP contribution in [0.1, 0.15) is 115 Å². The monoisotopic (exact) mass is 887 g/mol. The lowest BCUT2D eigenvalue weighted by Gasteiger charge is -2.32. The van der Waals surface area contributed by atoms with Crippen molar-refractivity contribution in [3.63, 3.8) is 0 Å². The van der Waals surface area contributed by atoms with Crippen LogP contribution in [0.3, 0.4) is 0 Å². The van der Waals surface area contributed by atoms with E-state index >= 15 is 0 Å². The van der Waals surface area contributed by atoms with Gasteiger partial charge in [0.2, 0.25) is 11.8 Å². The molecule has 344 valence electrons. The van der Waals surface area contributed by atoms with Crippen LogP contribution < -0.4 is 15.4 Å². The number of aromatic nitrogens is 5. The molecule has 5 aromatic rings. The van der Waals surface area contributed by atoms with E-state index in [4.69, 9.17) is 24.2 Å². The van der Waals surface area contributed by atoms with Gasteiger partial charge in [0, 0.05) is 41.6 Å². The summed E-state index contributed by atoms with van der Waals surface area (Å²) in [6.07, 6.45) is 11.3. The van der Waals surface area contributed by atoms with Gasteiger partial charge < -0.3 is 49.2 Å². The third-order valence-corrected chi connectivity index (χ3v) is 14.0. The second-order valence-electron chi connectivity index (χ2n) is 18.8. The molecule has 2 aromatic carbocycles. The van der Waals surface area contributed by atoms with E-state index in [1.54, 1.807) is 0 Å². The van der Waals surface area contributed by atoms with E-state index < -0.39 is 24.3 Å². The number of ether oxygens (including phenoxy) is 3. The van der Waals surface area contributed by atoms with E-state index in [-0.39, 0.29) is 42.0 Å². The Morgan fingerprint density at radius 2 is 1.26 bits per heavy atom. The summed E-state index contributed by atoms with van der Waals surface area (Å²) in [5.74, 6) is 2.32. The van der Waals surface area contributed by atoms with Gasteiger partial charge in [0.15, 0.2) is 6.23 Å². The van der Waals surface area contributed by atoms with Gasteiger partial charge in [-0.1, -0.05) is 65.5 Å². The molecular weight excluding hydrogens is 827 g/mol. The van der Waals surface area contributed by atoms with Gasteiger partial charge in [0.05, 0.1) is 61.3 Å². The summed E-state index contributed by atoms with van der Waals surface area (Å²) in [5, 5.41) is 6.54. The Balaban J connectivity index is 0.985. The zero-order valence-corrected chi connectivity index (χ0v) is 38.2. The van der Waals surface area contributed by atoms with Crippen molar-refractivity contribution in [1.82, 2.24) is 44.9 Å². The van der Waals surface area contributed by atoms with Crippen LogP contribution in [-0.4, -0.2) is 97.7 Å². The fourth-order valence-corrected chi connectivity index (χ4v) is 10.5. The topological polar surface area (TPSA) is 189 Å². The van der Waals surface area contributed by atoms with Crippen molar-refractivity contribution in [3.8, 4) is 39.5 Å². The van der Waals surface area contributed by atoms with Crippen LogP contribution in [0.5, 0.6) is 5.75 Å². The number of likely N-dealkylation sites (tertiary alicyclic amines) is 2. The van der Waals surface area contributed by atoms with Crippen molar-refractivity contribution in [2.75, 3.05) is 27.3 Å². The van der Waals surface area contributed by atoms with E-state index in [0.29, 0.717) is 24.8 Å². The zero-order valence-electron chi connectivity index (χ0n) is 38.2. The van der Waals surface area contributed by atoms with Gasteiger partial charge in [-0.25, -0.2) is 19.6 Å². The highest BCUT2D eigenvalue weighted by Crippen LogP contribution is 2.47. The standard InChI is InChI=1S/C49H61N9O7/c1-27(2)42(54-48(61)63-5)46(59)56-19-9-13-37(56)44-50-25-34(52-44)30-16-18-36-32(22-30)23-39-33-17-15-31(24-40(33)65-41(58(36)39)21-29-11-7-8-12-29)35-26-51-45(53-35)38-14-10-20-57(38)47(60)43(28(3)4)55-49(62)64-6/h15-18,22-29,37-38,41-43H,7-14,19-21H2,1-6H3,(H,50,52)(H,51,53)(H,54,61)(H,55,62)/t37-,38-,41?,42-,43-/m0/s1. The second-order valence-corrected chi connectivity index (χ2v) is 18.8. The molecule has 1 unspecified atom stereocenters. The summed E-state index contributed by atoms with van der Waals surface area (Å²) in [6, 6.07) is 13.2. The van der Waals surface area contributed by atoms with Crippen LogP contribution in [-0.2, 0) is 19.1 Å². The highest BCUT2D eigenvalue weighted by atomic mass is 16.5. The molecule has 3 aliphatic heterocycles. The molecule has 5 atom stereocenters. The van der Waals surface area contributed by atoms with Gasteiger partial charge in [-0.3, -0.25) is 9.59 Å². The zero-order chi connectivity index (χ0) is 45.5. The fourth-order valence-electron chi connectivity index (χ4n) is 10.5. The predicted molar refractivity (Wildman–Crippen MR) is 244 cm³/mol. The fraction of sp³-hybridized carbons (Fsp3) is 0.510. The maximum Gasteiger partial charge on any atom is 0.407 e. The van der Waals surface area contributed by atoms with E-state index in [1.165, 1.54) is 39.9 Å². The Bertz CT molecular complexity index is 2570. The number of rotatable bonds is 12. The van der Waals surface area contributed by atoms with Crippen molar-refractivity contribution in [3.05, 3.63) is 66.5 Å². The number of hydrogen-bond donors (Lipinski definition) is 4. The van der Waals surface area contributed by atoms with Crippen molar-refractivity contribution < 1.29 is 33.4 Å². The Hall–Kier alpha value is -6.32. The molecule has 9 rings (SSSR count). The van der Waals surface area contributed by atoms with Gasteiger partial charge in [-0.2, -0.15) is 0 Å². The van der Waals surface area contributed by atoms with Crippen LogP contribution in [0.2, 0.25) is 0 Å². The molecule has 2 saturated heterocycles. The number of methoxy groups -OCH3 is 2. The van der Waals surface area contributed by atoms with E-state index in [1.807, 2.05) is 49.9 Å². The first-order valence-electron chi connectivity index (χ1n) is 23.3. The SMILES string of the molecule is COC(=O)N[C@H](C(=O)N1CCC[C@H]1c1ncc(-c2ccc3c(c2)OC(CC2CCCC2)n2c-3cc3cc(-c4cnc([C@@H]5CCCN5C(=O)[C@@H](NC(=O)OC)C(C)C)[nH]4)ccc32)[nH]1)C(C)C. The van der Waals surface area contributed by atoms with Crippen molar-refractivity contribution in [2.45, 2.75) is 116 Å². The minimum absolute atomic E-state index is 0.117. The molecule has 6 heterocycles. The van der Waals surface area contributed by atoms with E-state index in [0.717, 1.165) is 88.4 Å². The van der Waals surface area contributed by atoms with Crippen LogP contribution >= 0.6 is 0 Å². The van der Waals surface area contributed by atoms with Crippen LogP contribution in [0.25, 0.3) is 44.7 Å². The predicted octanol–water partition coefficient (Wildman–Crippen LogP) is 8.65. The van der Waals surface area contributed by atoms with Crippen molar-refractivity contribution in [1.29, 1.82) is 0 Å². The molecule has 65 heavy (non-hydrogen) atoms. The lowest BCUT2D eigenvalue weighted by molar-refractivity contribution is -0.136. The summed E-state index contributed by atoms with van der Waals surface area (Å²) in [4.78, 5) is 72.1. The summed E-state index contributed by atoms with van der Waals surface area (Å²) in [5.41, 5.74) is 6.84. The number of benzene rings is 2. The molecule has 0 bridgehead atoms. The molecule has 4 aliphatic rings. The lowest BCUT2D eigenvalue weighted by Crippen LogP contribution is -2.51. The summed E-state index contributed by atoms with van der Waals surface area (Å²) in [6.45, 7) is 8.81. The highest BCUT2D eigenvalue weighted by molar-refractivity contribution is 5.92. The molecule has 3 aromatic heterocycles. The highest BCUT2D eigenvalue weighted by Gasteiger charge is 2.39. The number of carbonyl (C=O) groups excluding carboxylic acids is 4. The molecule has 0 radical (unpaired) electrons. The Morgan fingerprint density at radius 1 is 0.723 bits per heavy atom. The van der Waals surface area contributed by atoms with E-state index in [9.17, 15) is 19.2 Å². The molecule has 4 amide bonds. The molecule has 3 fully saturated rings. The first-order valence-corrected chi connectivity index (χ1v) is 23.3. The van der Waals surface area contributed by atoms with E-state index in [2.05, 4.69) is 67.6 Å². The number of alkyl carbamates (subject to hydrolysis) is 2. The quantitative estimate of drug-likeness (QED) is 0.0951. The summed E-state index contributed by atoms with van der Waals surface area (Å²) >= 11 is 0. The number of fused-ring (bicyclic) bond motifs is 5. The second kappa shape index (κ2) is 18.3. The minimum Gasteiger partial charge on any atom is -0.469 e. The first kappa shape index (κ1) is 43.9. The number of H-pyrrole nitrogens is 2. The average molecular weight is 888 g/mol. The minimum atomic E-state index is -0.706.